The summed E-state index contributed by atoms with van der Waals surface area (Å²) >= 11 is 1.71. The summed E-state index contributed by atoms with van der Waals surface area (Å²) in [5.41, 5.74) is 1.15. The third kappa shape index (κ3) is 3.89. The van der Waals surface area contributed by atoms with Crippen LogP contribution in [0.5, 0.6) is 0 Å². The molecule has 0 aliphatic carbocycles. The number of benzene rings is 1. The Kier molecular flexibility index (Phi) is 4.44. The predicted molar refractivity (Wildman–Crippen MR) is 73.3 cm³/mol. The molecule has 0 saturated heterocycles. The lowest BCUT2D eigenvalue weighted by Gasteiger charge is -2.12. The quantitative estimate of drug-likeness (QED) is 0.896. The second-order valence-corrected chi connectivity index (χ2v) is 5.78. The Morgan fingerprint density at radius 3 is 2.67 bits per heavy atom. The van der Waals surface area contributed by atoms with Crippen molar-refractivity contribution in [3.8, 4) is 0 Å². The molecular formula is C14H17FN2S. The number of thiazole rings is 1. The maximum atomic E-state index is 12.8. The summed E-state index contributed by atoms with van der Waals surface area (Å²) in [5.74, 6) is -0.181. The van der Waals surface area contributed by atoms with Crippen LogP contribution in [0, 0.1) is 12.7 Å². The summed E-state index contributed by atoms with van der Waals surface area (Å²) in [6.45, 7) is 4.99. The SMILES string of the molecule is Cc1ncc(CNC(C)Cc2ccc(F)cc2)s1. The lowest BCUT2D eigenvalue weighted by atomic mass is 10.1. The zero-order valence-electron chi connectivity index (χ0n) is 10.6. The lowest BCUT2D eigenvalue weighted by molar-refractivity contribution is 0.547. The molecule has 2 nitrogen and oxygen atoms in total. The molecule has 0 bridgehead atoms. The molecule has 0 aliphatic heterocycles. The van der Waals surface area contributed by atoms with E-state index in [4.69, 9.17) is 0 Å². The lowest BCUT2D eigenvalue weighted by Crippen LogP contribution is -2.27. The van der Waals surface area contributed by atoms with Gasteiger partial charge in [0.2, 0.25) is 0 Å². The van der Waals surface area contributed by atoms with Crippen LogP contribution in [0.4, 0.5) is 4.39 Å². The average Bonchev–Trinajstić information content (AvgIpc) is 2.76. The van der Waals surface area contributed by atoms with Gasteiger partial charge in [0, 0.05) is 23.7 Å². The first-order valence-corrected chi connectivity index (χ1v) is 6.84. The van der Waals surface area contributed by atoms with Gasteiger partial charge in [0.1, 0.15) is 5.82 Å². The molecule has 4 heteroatoms. The number of aryl methyl sites for hydroxylation is 1. The third-order valence-electron chi connectivity index (χ3n) is 2.75. The highest BCUT2D eigenvalue weighted by molar-refractivity contribution is 7.11. The second-order valence-electron chi connectivity index (χ2n) is 4.46. The minimum atomic E-state index is -0.181. The molecule has 2 rings (SSSR count). The number of rotatable bonds is 5. The zero-order valence-corrected chi connectivity index (χ0v) is 11.4. The summed E-state index contributed by atoms with van der Waals surface area (Å²) in [7, 11) is 0. The van der Waals surface area contributed by atoms with E-state index in [1.807, 2.05) is 25.3 Å². The number of hydrogen-bond acceptors (Lipinski definition) is 3. The number of nitrogens with zero attached hydrogens (tertiary/aromatic N) is 1. The van der Waals surface area contributed by atoms with Crippen LogP contribution >= 0.6 is 11.3 Å². The Morgan fingerprint density at radius 2 is 2.06 bits per heavy atom. The summed E-state index contributed by atoms with van der Waals surface area (Å²) in [5, 5.41) is 4.55. The van der Waals surface area contributed by atoms with Gasteiger partial charge in [0.15, 0.2) is 0 Å². The largest absolute Gasteiger partial charge is 0.309 e. The molecule has 2 aromatic rings. The van der Waals surface area contributed by atoms with E-state index < -0.39 is 0 Å². The molecule has 1 aromatic carbocycles. The number of halogens is 1. The number of aromatic nitrogens is 1. The summed E-state index contributed by atoms with van der Waals surface area (Å²) in [6, 6.07) is 7.05. The number of nitrogens with one attached hydrogen (secondary N) is 1. The van der Waals surface area contributed by atoms with Crippen molar-refractivity contribution in [1.29, 1.82) is 0 Å². The van der Waals surface area contributed by atoms with Crippen LogP contribution in [-0.2, 0) is 13.0 Å². The molecule has 0 fully saturated rings. The van der Waals surface area contributed by atoms with Gasteiger partial charge in [-0.2, -0.15) is 0 Å². The van der Waals surface area contributed by atoms with Crippen molar-refractivity contribution in [2.45, 2.75) is 32.9 Å². The normalized spacial score (nSPS) is 12.6. The van der Waals surface area contributed by atoms with E-state index in [1.165, 1.54) is 17.0 Å². The fraction of sp³-hybridized carbons (Fsp3) is 0.357. The van der Waals surface area contributed by atoms with Crippen molar-refractivity contribution in [3.05, 3.63) is 51.7 Å². The van der Waals surface area contributed by atoms with E-state index in [2.05, 4.69) is 17.2 Å². The van der Waals surface area contributed by atoms with Crippen LogP contribution in [0.15, 0.2) is 30.5 Å². The highest BCUT2D eigenvalue weighted by Crippen LogP contribution is 2.12. The first kappa shape index (κ1) is 13.2. The van der Waals surface area contributed by atoms with Crippen molar-refractivity contribution in [2.75, 3.05) is 0 Å². The van der Waals surface area contributed by atoms with Gasteiger partial charge in [0.05, 0.1) is 5.01 Å². The van der Waals surface area contributed by atoms with Crippen molar-refractivity contribution >= 4 is 11.3 Å². The van der Waals surface area contributed by atoms with Gasteiger partial charge in [-0.25, -0.2) is 9.37 Å². The van der Waals surface area contributed by atoms with Gasteiger partial charge >= 0.3 is 0 Å². The zero-order chi connectivity index (χ0) is 13.0. The fourth-order valence-corrected chi connectivity index (χ4v) is 2.55. The maximum absolute atomic E-state index is 12.8. The van der Waals surface area contributed by atoms with E-state index in [-0.39, 0.29) is 5.82 Å². The molecule has 1 heterocycles. The highest BCUT2D eigenvalue weighted by atomic mass is 32.1. The summed E-state index contributed by atoms with van der Waals surface area (Å²) in [4.78, 5) is 5.47. The molecule has 18 heavy (non-hydrogen) atoms. The Morgan fingerprint density at radius 1 is 1.33 bits per heavy atom. The minimum absolute atomic E-state index is 0.181. The molecule has 1 atom stereocenters. The molecule has 1 N–H and O–H groups in total. The Bertz CT molecular complexity index is 493. The molecule has 0 spiro atoms. The van der Waals surface area contributed by atoms with Crippen LogP contribution in [0.2, 0.25) is 0 Å². The first-order valence-electron chi connectivity index (χ1n) is 6.02. The van der Waals surface area contributed by atoms with E-state index in [0.29, 0.717) is 6.04 Å². The maximum Gasteiger partial charge on any atom is 0.123 e. The predicted octanol–water partition coefficient (Wildman–Crippen LogP) is 3.31. The summed E-state index contributed by atoms with van der Waals surface area (Å²) in [6.07, 6.45) is 2.82. The van der Waals surface area contributed by atoms with Crippen molar-refractivity contribution < 1.29 is 4.39 Å². The smallest absolute Gasteiger partial charge is 0.123 e. The Balaban J connectivity index is 1.81. The van der Waals surface area contributed by atoms with Crippen molar-refractivity contribution in [2.24, 2.45) is 0 Å². The molecule has 0 aliphatic rings. The molecule has 0 radical (unpaired) electrons. The van der Waals surface area contributed by atoms with Crippen LogP contribution in [0.25, 0.3) is 0 Å². The van der Waals surface area contributed by atoms with Crippen LogP contribution in [0.1, 0.15) is 22.4 Å². The minimum Gasteiger partial charge on any atom is -0.309 e. The van der Waals surface area contributed by atoms with E-state index in [0.717, 1.165) is 23.5 Å². The monoisotopic (exact) mass is 264 g/mol. The van der Waals surface area contributed by atoms with Gasteiger partial charge in [-0.05, 0) is 38.0 Å². The van der Waals surface area contributed by atoms with Gasteiger partial charge < -0.3 is 5.32 Å². The Labute approximate surface area is 111 Å². The topological polar surface area (TPSA) is 24.9 Å². The van der Waals surface area contributed by atoms with Crippen molar-refractivity contribution in [3.63, 3.8) is 0 Å². The average molecular weight is 264 g/mol. The summed E-state index contributed by atoms with van der Waals surface area (Å²) < 4.78 is 12.8. The highest BCUT2D eigenvalue weighted by Gasteiger charge is 2.05. The Hall–Kier alpha value is -1.26. The molecule has 0 amide bonds. The van der Waals surface area contributed by atoms with Crippen molar-refractivity contribution in [1.82, 2.24) is 10.3 Å². The van der Waals surface area contributed by atoms with E-state index in [9.17, 15) is 4.39 Å². The van der Waals surface area contributed by atoms with Crippen LogP contribution in [-0.4, -0.2) is 11.0 Å². The van der Waals surface area contributed by atoms with E-state index >= 15 is 0 Å². The fourth-order valence-electron chi connectivity index (χ4n) is 1.81. The standard InChI is InChI=1S/C14H17FN2S/c1-10(7-12-3-5-13(15)6-4-12)16-8-14-9-17-11(2)18-14/h3-6,9-10,16H,7-8H2,1-2H3. The van der Waals surface area contributed by atoms with E-state index in [1.54, 1.807) is 11.3 Å². The van der Waals surface area contributed by atoms with Gasteiger partial charge in [-0.15, -0.1) is 11.3 Å². The molecule has 0 saturated carbocycles. The van der Waals surface area contributed by atoms with Gasteiger partial charge in [-0.1, -0.05) is 12.1 Å². The van der Waals surface area contributed by atoms with Crippen LogP contribution < -0.4 is 5.32 Å². The van der Waals surface area contributed by atoms with Crippen LogP contribution in [0.3, 0.4) is 0 Å². The third-order valence-corrected chi connectivity index (χ3v) is 3.66. The van der Waals surface area contributed by atoms with Gasteiger partial charge in [0.25, 0.3) is 0 Å². The molecule has 1 aromatic heterocycles. The molecule has 96 valence electrons. The molecular weight excluding hydrogens is 247 g/mol. The molecule has 1 unspecified atom stereocenters. The number of hydrogen-bond donors (Lipinski definition) is 1. The van der Waals surface area contributed by atoms with Gasteiger partial charge in [-0.3, -0.25) is 0 Å². The second kappa shape index (κ2) is 6.07. The first-order chi connectivity index (χ1) is 8.63.